The van der Waals surface area contributed by atoms with Crippen LogP contribution in [0.15, 0.2) is 23.1 Å². The summed E-state index contributed by atoms with van der Waals surface area (Å²) in [4.78, 5) is 11.5. The summed E-state index contributed by atoms with van der Waals surface area (Å²) in [5, 5.41) is 0. The van der Waals surface area contributed by atoms with E-state index < -0.39 is 0 Å². The fourth-order valence-electron chi connectivity index (χ4n) is 0.916. The second-order valence-corrected chi connectivity index (χ2v) is 3.21. The lowest BCUT2D eigenvalue weighted by atomic mass is 10.2. The molecule has 0 saturated heterocycles. The molecule has 1 rings (SSSR count). The number of hydrogen-bond acceptors (Lipinski definition) is 2. The largest absolute Gasteiger partial charge is 0.298 e. The summed E-state index contributed by atoms with van der Waals surface area (Å²) in [6, 6.07) is 5.83. The molecule has 0 bridgehead atoms. The standard InChI is InChI=1S/C9H10OS/c1-7-3-4-8(6-10)9(5-7)11-2/h3-6H,1-2H3. The van der Waals surface area contributed by atoms with Crippen LogP contribution in [-0.4, -0.2) is 12.5 Å². The Hall–Kier alpha value is -0.760. The topological polar surface area (TPSA) is 17.1 Å². The van der Waals surface area contributed by atoms with Crippen molar-refractivity contribution in [3.63, 3.8) is 0 Å². The molecule has 0 fully saturated rings. The molecule has 58 valence electrons. The Morgan fingerprint density at radius 2 is 2.18 bits per heavy atom. The first-order chi connectivity index (χ1) is 5.27. The highest BCUT2D eigenvalue weighted by molar-refractivity contribution is 7.98. The molecule has 0 aliphatic rings. The lowest BCUT2D eigenvalue weighted by Gasteiger charge is -2.00. The molecule has 1 aromatic carbocycles. The van der Waals surface area contributed by atoms with Crippen LogP contribution in [0.5, 0.6) is 0 Å². The van der Waals surface area contributed by atoms with E-state index in [9.17, 15) is 4.79 Å². The van der Waals surface area contributed by atoms with Crippen LogP contribution >= 0.6 is 11.8 Å². The van der Waals surface area contributed by atoms with Crippen molar-refractivity contribution in [3.8, 4) is 0 Å². The van der Waals surface area contributed by atoms with E-state index in [1.165, 1.54) is 5.56 Å². The van der Waals surface area contributed by atoms with Gasteiger partial charge in [-0.1, -0.05) is 12.1 Å². The number of aryl methyl sites for hydroxylation is 1. The molecule has 1 nitrogen and oxygen atoms in total. The molecule has 1 aromatic rings. The number of hydrogen-bond donors (Lipinski definition) is 0. The maximum Gasteiger partial charge on any atom is 0.151 e. The van der Waals surface area contributed by atoms with Crippen molar-refractivity contribution in [1.29, 1.82) is 0 Å². The third kappa shape index (κ3) is 1.84. The van der Waals surface area contributed by atoms with E-state index in [0.717, 1.165) is 16.7 Å². The van der Waals surface area contributed by atoms with E-state index in [-0.39, 0.29) is 0 Å². The van der Waals surface area contributed by atoms with E-state index in [1.807, 2.05) is 31.4 Å². The van der Waals surface area contributed by atoms with Crippen LogP contribution in [0.3, 0.4) is 0 Å². The van der Waals surface area contributed by atoms with Gasteiger partial charge < -0.3 is 0 Å². The quantitative estimate of drug-likeness (QED) is 0.496. The predicted molar refractivity (Wildman–Crippen MR) is 48.3 cm³/mol. The summed E-state index contributed by atoms with van der Waals surface area (Å²) in [5.41, 5.74) is 1.98. The van der Waals surface area contributed by atoms with E-state index in [2.05, 4.69) is 0 Å². The van der Waals surface area contributed by atoms with Gasteiger partial charge >= 0.3 is 0 Å². The van der Waals surface area contributed by atoms with Crippen LogP contribution in [0.25, 0.3) is 0 Å². The van der Waals surface area contributed by atoms with Gasteiger partial charge in [-0.05, 0) is 24.8 Å². The average molecular weight is 166 g/mol. The first-order valence-corrected chi connectivity index (χ1v) is 4.60. The van der Waals surface area contributed by atoms with Gasteiger partial charge in [0.15, 0.2) is 6.29 Å². The molecular weight excluding hydrogens is 156 g/mol. The lowest BCUT2D eigenvalue weighted by Crippen LogP contribution is -1.84. The molecule has 0 atom stereocenters. The molecule has 0 unspecified atom stereocenters. The maximum atomic E-state index is 10.5. The molecule has 0 aromatic heterocycles. The molecular formula is C9H10OS. The Bertz CT molecular complexity index is 268. The minimum absolute atomic E-state index is 0.781. The zero-order chi connectivity index (χ0) is 8.27. The monoisotopic (exact) mass is 166 g/mol. The van der Waals surface area contributed by atoms with Gasteiger partial charge in [0.2, 0.25) is 0 Å². The summed E-state index contributed by atoms with van der Waals surface area (Å²) in [7, 11) is 0. The fourth-order valence-corrected chi connectivity index (χ4v) is 1.57. The van der Waals surface area contributed by atoms with Crippen molar-refractivity contribution in [2.45, 2.75) is 11.8 Å². The first-order valence-electron chi connectivity index (χ1n) is 3.37. The molecule has 0 spiro atoms. The van der Waals surface area contributed by atoms with Crippen molar-refractivity contribution in [1.82, 2.24) is 0 Å². The van der Waals surface area contributed by atoms with Crippen LogP contribution in [0.2, 0.25) is 0 Å². The number of carbonyl (C=O) groups excluding carboxylic acids is 1. The third-order valence-electron chi connectivity index (χ3n) is 1.52. The molecule has 0 aliphatic heterocycles. The molecule has 0 aliphatic carbocycles. The predicted octanol–water partition coefficient (Wildman–Crippen LogP) is 2.53. The molecule has 0 amide bonds. The Balaban J connectivity index is 3.16. The van der Waals surface area contributed by atoms with Gasteiger partial charge in [-0.3, -0.25) is 4.79 Å². The normalized spacial score (nSPS) is 9.64. The summed E-state index contributed by atoms with van der Waals surface area (Å²) < 4.78 is 0. The highest BCUT2D eigenvalue weighted by Crippen LogP contribution is 2.19. The van der Waals surface area contributed by atoms with E-state index in [0.29, 0.717) is 0 Å². The van der Waals surface area contributed by atoms with Gasteiger partial charge in [0.25, 0.3) is 0 Å². The zero-order valence-electron chi connectivity index (χ0n) is 6.63. The smallest absolute Gasteiger partial charge is 0.151 e. The van der Waals surface area contributed by atoms with Gasteiger partial charge in [-0.2, -0.15) is 0 Å². The Morgan fingerprint density at radius 1 is 1.45 bits per heavy atom. The maximum absolute atomic E-state index is 10.5. The average Bonchev–Trinajstić information content (AvgIpc) is 2.04. The van der Waals surface area contributed by atoms with Gasteiger partial charge in [-0.15, -0.1) is 11.8 Å². The van der Waals surface area contributed by atoms with E-state index in [4.69, 9.17) is 0 Å². The Kier molecular flexibility index (Phi) is 2.71. The molecule has 0 saturated carbocycles. The number of rotatable bonds is 2. The Morgan fingerprint density at radius 3 is 2.73 bits per heavy atom. The molecule has 2 heteroatoms. The van der Waals surface area contributed by atoms with Gasteiger partial charge in [0, 0.05) is 10.5 Å². The van der Waals surface area contributed by atoms with E-state index >= 15 is 0 Å². The second kappa shape index (κ2) is 3.58. The number of aldehydes is 1. The van der Waals surface area contributed by atoms with Crippen LogP contribution in [0.1, 0.15) is 15.9 Å². The van der Waals surface area contributed by atoms with Crippen LogP contribution in [0, 0.1) is 6.92 Å². The van der Waals surface area contributed by atoms with E-state index in [1.54, 1.807) is 11.8 Å². The van der Waals surface area contributed by atoms with Crippen molar-refractivity contribution in [2.75, 3.05) is 6.26 Å². The highest BCUT2D eigenvalue weighted by atomic mass is 32.2. The number of benzene rings is 1. The SMILES string of the molecule is CSc1cc(C)ccc1C=O. The number of carbonyl (C=O) groups is 1. The minimum atomic E-state index is 0.781. The molecule has 0 radical (unpaired) electrons. The van der Waals surface area contributed by atoms with Gasteiger partial charge in [0.1, 0.15) is 0 Å². The van der Waals surface area contributed by atoms with Crippen molar-refractivity contribution >= 4 is 18.0 Å². The van der Waals surface area contributed by atoms with Gasteiger partial charge in [0.05, 0.1) is 0 Å². The van der Waals surface area contributed by atoms with Crippen LogP contribution < -0.4 is 0 Å². The lowest BCUT2D eigenvalue weighted by molar-refractivity contribution is 0.112. The highest BCUT2D eigenvalue weighted by Gasteiger charge is 1.98. The first kappa shape index (κ1) is 8.34. The fraction of sp³-hybridized carbons (Fsp3) is 0.222. The Labute approximate surface area is 70.8 Å². The molecule has 0 heterocycles. The molecule has 0 N–H and O–H groups in total. The summed E-state index contributed by atoms with van der Waals surface area (Å²) in [6.07, 6.45) is 2.87. The summed E-state index contributed by atoms with van der Waals surface area (Å²) in [6.45, 7) is 2.02. The van der Waals surface area contributed by atoms with Crippen molar-refractivity contribution in [3.05, 3.63) is 29.3 Å². The third-order valence-corrected chi connectivity index (χ3v) is 2.31. The molecule has 11 heavy (non-hydrogen) atoms. The second-order valence-electron chi connectivity index (χ2n) is 2.36. The zero-order valence-corrected chi connectivity index (χ0v) is 7.44. The summed E-state index contributed by atoms with van der Waals surface area (Å²) >= 11 is 1.60. The van der Waals surface area contributed by atoms with Crippen LogP contribution in [-0.2, 0) is 0 Å². The van der Waals surface area contributed by atoms with Crippen molar-refractivity contribution in [2.24, 2.45) is 0 Å². The summed E-state index contributed by atoms with van der Waals surface area (Å²) in [5.74, 6) is 0. The van der Waals surface area contributed by atoms with Crippen molar-refractivity contribution < 1.29 is 4.79 Å². The minimum Gasteiger partial charge on any atom is -0.298 e. The van der Waals surface area contributed by atoms with Gasteiger partial charge in [-0.25, -0.2) is 0 Å². The number of thioether (sulfide) groups is 1. The van der Waals surface area contributed by atoms with Crippen LogP contribution in [0.4, 0.5) is 0 Å².